The van der Waals surface area contributed by atoms with Crippen molar-refractivity contribution in [2.45, 2.75) is 18.6 Å². The van der Waals surface area contributed by atoms with Gasteiger partial charge in [0.2, 0.25) is 0 Å². The molecule has 0 saturated carbocycles. The van der Waals surface area contributed by atoms with Crippen molar-refractivity contribution < 1.29 is 4.42 Å². The van der Waals surface area contributed by atoms with Crippen LogP contribution in [0.25, 0.3) is 11.3 Å². The number of nitrogens with zero attached hydrogens (tertiary/aromatic N) is 3. The first kappa shape index (κ1) is 20.9. The molecule has 0 unspecified atom stereocenters. The molecule has 32 heavy (non-hydrogen) atoms. The molecule has 0 amide bonds. The highest BCUT2D eigenvalue weighted by molar-refractivity contribution is 7.80. The molecule has 160 valence electrons. The Bertz CT molecular complexity index is 1250. The zero-order chi connectivity index (χ0) is 22.1. The van der Waals surface area contributed by atoms with Gasteiger partial charge in [-0.2, -0.15) is 0 Å². The molecule has 0 radical (unpaired) electrons. The lowest BCUT2D eigenvalue weighted by Crippen LogP contribution is -2.29. The first-order valence-corrected chi connectivity index (χ1v) is 11.2. The number of nitrogens with one attached hydrogen (secondary N) is 1. The van der Waals surface area contributed by atoms with Crippen LogP contribution in [0.2, 0.25) is 10.0 Å². The molecular formula is C24H18Cl2N4OS. The van der Waals surface area contributed by atoms with Crippen LogP contribution in [-0.2, 0) is 6.54 Å². The van der Waals surface area contributed by atoms with Crippen LogP contribution in [-0.4, -0.2) is 20.0 Å². The molecule has 1 saturated heterocycles. The Labute approximate surface area is 201 Å². The minimum absolute atomic E-state index is 0.162. The van der Waals surface area contributed by atoms with Crippen LogP contribution in [0.4, 0.5) is 0 Å². The Morgan fingerprint density at radius 2 is 1.84 bits per heavy atom. The van der Waals surface area contributed by atoms with Gasteiger partial charge in [0.15, 0.2) is 5.11 Å². The molecule has 0 aliphatic carbocycles. The molecule has 2 atom stereocenters. The number of pyridine rings is 2. The van der Waals surface area contributed by atoms with Gasteiger partial charge in [-0.25, -0.2) is 0 Å². The molecule has 5 rings (SSSR count). The van der Waals surface area contributed by atoms with E-state index in [9.17, 15) is 0 Å². The molecule has 0 bridgehead atoms. The molecule has 1 aliphatic heterocycles. The number of aromatic nitrogens is 2. The summed E-state index contributed by atoms with van der Waals surface area (Å²) in [6.07, 6.45) is 5.34. The smallest absolute Gasteiger partial charge is 0.170 e. The van der Waals surface area contributed by atoms with Gasteiger partial charge in [0.05, 0.1) is 16.8 Å². The number of benzene rings is 1. The van der Waals surface area contributed by atoms with E-state index in [-0.39, 0.29) is 12.1 Å². The zero-order valence-corrected chi connectivity index (χ0v) is 19.1. The maximum absolute atomic E-state index is 6.41. The summed E-state index contributed by atoms with van der Waals surface area (Å²) >= 11 is 18.2. The third-order valence-electron chi connectivity index (χ3n) is 5.41. The van der Waals surface area contributed by atoms with E-state index >= 15 is 0 Å². The Balaban J connectivity index is 1.55. The van der Waals surface area contributed by atoms with Gasteiger partial charge in [-0.3, -0.25) is 9.97 Å². The van der Waals surface area contributed by atoms with Gasteiger partial charge in [-0.1, -0.05) is 29.3 Å². The van der Waals surface area contributed by atoms with Crippen LogP contribution in [0.5, 0.6) is 0 Å². The van der Waals surface area contributed by atoms with E-state index in [1.165, 1.54) is 0 Å². The van der Waals surface area contributed by atoms with Crippen LogP contribution in [0.15, 0.2) is 83.7 Å². The van der Waals surface area contributed by atoms with Gasteiger partial charge in [-0.05, 0) is 72.4 Å². The SMILES string of the molecule is S=C1N[C@@H](c2ccccn2)[C@@H](c2ccc(-c3ccc(Cl)cc3Cl)o2)N1Cc1ccncc1. The summed E-state index contributed by atoms with van der Waals surface area (Å²) in [5.41, 5.74) is 2.77. The average Bonchev–Trinajstić information content (AvgIpc) is 3.40. The molecule has 0 spiro atoms. The summed E-state index contributed by atoms with van der Waals surface area (Å²) in [7, 11) is 0. The normalized spacial score (nSPS) is 18.1. The van der Waals surface area contributed by atoms with Crippen molar-refractivity contribution >= 4 is 40.5 Å². The van der Waals surface area contributed by atoms with E-state index in [1.807, 2.05) is 48.5 Å². The number of rotatable bonds is 5. The fourth-order valence-corrected chi connectivity index (χ4v) is 4.72. The molecule has 1 aliphatic rings. The van der Waals surface area contributed by atoms with E-state index in [4.69, 9.17) is 39.8 Å². The first-order valence-electron chi connectivity index (χ1n) is 10.0. The third-order valence-corrected chi connectivity index (χ3v) is 6.32. The Hall–Kier alpha value is -2.93. The highest BCUT2D eigenvalue weighted by Gasteiger charge is 2.41. The summed E-state index contributed by atoms with van der Waals surface area (Å²) in [6, 6.07) is 18.7. The molecule has 8 heteroatoms. The van der Waals surface area contributed by atoms with E-state index in [2.05, 4.69) is 20.2 Å². The number of halogens is 2. The van der Waals surface area contributed by atoms with E-state index in [1.54, 1.807) is 30.7 Å². The average molecular weight is 481 g/mol. The van der Waals surface area contributed by atoms with Crippen LogP contribution in [0, 0.1) is 0 Å². The van der Waals surface area contributed by atoms with Crippen LogP contribution in [0.1, 0.15) is 29.1 Å². The van der Waals surface area contributed by atoms with Crippen molar-refractivity contribution in [2.75, 3.05) is 0 Å². The number of hydrogen-bond acceptors (Lipinski definition) is 4. The van der Waals surface area contributed by atoms with Crippen molar-refractivity contribution in [2.24, 2.45) is 0 Å². The van der Waals surface area contributed by atoms with Gasteiger partial charge >= 0.3 is 0 Å². The predicted molar refractivity (Wildman–Crippen MR) is 129 cm³/mol. The first-order chi connectivity index (χ1) is 15.6. The van der Waals surface area contributed by atoms with Gasteiger partial charge in [0.25, 0.3) is 0 Å². The fraction of sp³-hybridized carbons (Fsp3) is 0.125. The van der Waals surface area contributed by atoms with E-state index < -0.39 is 0 Å². The van der Waals surface area contributed by atoms with Crippen molar-refractivity contribution in [3.05, 3.63) is 106 Å². The fourth-order valence-electron chi connectivity index (χ4n) is 3.92. The summed E-state index contributed by atoms with van der Waals surface area (Å²) in [6.45, 7) is 0.611. The van der Waals surface area contributed by atoms with Gasteiger partial charge in [-0.15, -0.1) is 0 Å². The van der Waals surface area contributed by atoms with Gasteiger partial charge in [0.1, 0.15) is 17.6 Å². The Kier molecular flexibility index (Phi) is 5.83. The number of furan rings is 1. The van der Waals surface area contributed by atoms with Crippen molar-refractivity contribution in [1.82, 2.24) is 20.2 Å². The second-order valence-electron chi connectivity index (χ2n) is 7.44. The van der Waals surface area contributed by atoms with Gasteiger partial charge in [0, 0.05) is 35.7 Å². The monoisotopic (exact) mass is 480 g/mol. The molecular weight excluding hydrogens is 463 g/mol. The minimum atomic E-state index is -0.189. The summed E-state index contributed by atoms with van der Waals surface area (Å²) in [5.74, 6) is 1.44. The largest absolute Gasteiger partial charge is 0.459 e. The van der Waals surface area contributed by atoms with E-state index in [0.717, 1.165) is 22.6 Å². The summed E-state index contributed by atoms with van der Waals surface area (Å²) in [4.78, 5) is 10.8. The number of hydrogen-bond donors (Lipinski definition) is 1. The minimum Gasteiger partial charge on any atom is -0.459 e. The molecule has 4 aromatic rings. The van der Waals surface area contributed by atoms with Crippen LogP contribution < -0.4 is 5.32 Å². The van der Waals surface area contributed by atoms with Crippen LogP contribution in [0.3, 0.4) is 0 Å². The predicted octanol–water partition coefficient (Wildman–Crippen LogP) is 6.22. The van der Waals surface area contributed by atoms with Gasteiger partial charge < -0.3 is 14.6 Å². The Morgan fingerprint density at radius 3 is 2.59 bits per heavy atom. The topological polar surface area (TPSA) is 54.2 Å². The lowest BCUT2D eigenvalue weighted by atomic mass is 10.0. The third kappa shape index (κ3) is 4.09. The highest BCUT2D eigenvalue weighted by Crippen LogP contribution is 2.42. The molecule has 1 fully saturated rings. The molecule has 1 N–H and O–H groups in total. The highest BCUT2D eigenvalue weighted by atomic mass is 35.5. The second-order valence-corrected chi connectivity index (χ2v) is 8.67. The quantitative estimate of drug-likeness (QED) is 0.342. The number of thiocarbonyl (C=S) groups is 1. The van der Waals surface area contributed by atoms with Crippen LogP contribution >= 0.6 is 35.4 Å². The molecule has 1 aromatic carbocycles. The van der Waals surface area contributed by atoms with Crippen molar-refractivity contribution in [3.63, 3.8) is 0 Å². The second kappa shape index (κ2) is 8.90. The van der Waals surface area contributed by atoms with Crippen molar-refractivity contribution in [1.29, 1.82) is 0 Å². The zero-order valence-electron chi connectivity index (χ0n) is 16.8. The standard InChI is InChI=1S/C24H18Cl2N4OS/c25-16-4-5-17(18(26)13-16)20-6-7-21(31-20)23-22(19-3-1-2-10-28-19)29-24(32)30(23)14-15-8-11-27-12-9-15/h1-13,22-23H,14H2,(H,29,32)/t22-,23+/m0/s1. The maximum Gasteiger partial charge on any atom is 0.170 e. The lowest BCUT2D eigenvalue weighted by Gasteiger charge is -2.26. The molecule has 5 nitrogen and oxygen atoms in total. The summed E-state index contributed by atoms with van der Waals surface area (Å²) in [5, 5.41) is 5.19. The van der Waals surface area contributed by atoms with E-state index in [0.29, 0.717) is 27.5 Å². The maximum atomic E-state index is 6.41. The molecule has 4 heterocycles. The lowest BCUT2D eigenvalue weighted by molar-refractivity contribution is 0.269. The molecule has 3 aromatic heterocycles. The Morgan fingerprint density at radius 1 is 1.00 bits per heavy atom. The van der Waals surface area contributed by atoms with Crippen molar-refractivity contribution in [3.8, 4) is 11.3 Å². The summed E-state index contributed by atoms with van der Waals surface area (Å²) < 4.78 is 6.33.